The summed E-state index contributed by atoms with van der Waals surface area (Å²) in [5.41, 5.74) is 1.95. The van der Waals surface area contributed by atoms with Crippen LogP contribution in [0.2, 0.25) is 0 Å². The van der Waals surface area contributed by atoms with Gasteiger partial charge in [0.15, 0.2) is 11.3 Å². The lowest BCUT2D eigenvalue weighted by molar-refractivity contribution is 0.588. The van der Waals surface area contributed by atoms with E-state index in [4.69, 9.17) is 0 Å². The molecule has 1 aromatic carbocycles. The zero-order chi connectivity index (χ0) is 18.4. The third-order valence-corrected chi connectivity index (χ3v) is 4.28. The van der Waals surface area contributed by atoms with Crippen LogP contribution in [-0.4, -0.2) is 29.4 Å². The Hall–Kier alpha value is -3.68. The van der Waals surface area contributed by atoms with Gasteiger partial charge in [-0.2, -0.15) is 5.10 Å². The Balaban J connectivity index is 1.70. The van der Waals surface area contributed by atoms with Gasteiger partial charge >= 0.3 is 0 Å². The Morgan fingerprint density at radius 3 is 2.67 bits per heavy atom. The molecule has 5 aromatic rings. The van der Waals surface area contributed by atoms with E-state index in [0.29, 0.717) is 33.8 Å². The number of fused-ring (bicyclic) bond motifs is 2. The molecule has 0 fully saturated rings. The van der Waals surface area contributed by atoms with Gasteiger partial charge in [0.2, 0.25) is 5.82 Å². The van der Waals surface area contributed by atoms with E-state index in [1.807, 2.05) is 18.2 Å². The standard InChI is InChI=1S/C19H12F2N6/c20-13-9-14-17(18-23-16-7-3-4-8-26(16)25-18)24-27(19(14)22-10-13)11-12-5-1-2-6-15(12)21/h1-10H,11H2. The van der Waals surface area contributed by atoms with Gasteiger partial charge in [0.1, 0.15) is 17.3 Å². The number of benzene rings is 1. The summed E-state index contributed by atoms with van der Waals surface area (Å²) in [7, 11) is 0. The second-order valence-electron chi connectivity index (χ2n) is 6.06. The minimum absolute atomic E-state index is 0.162. The van der Waals surface area contributed by atoms with Crippen LogP contribution in [0.15, 0.2) is 60.9 Å². The second kappa shape index (κ2) is 5.94. The smallest absolute Gasteiger partial charge is 0.203 e. The van der Waals surface area contributed by atoms with Gasteiger partial charge in [-0.3, -0.25) is 0 Å². The maximum Gasteiger partial charge on any atom is 0.203 e. The fourth-order valence-electron chi connectivity index (χ4n) is 3.03. The summed E-state index contributed by atoms with van der Waals surface area (Å²) in [6, 6.07) is 13.3. The zero-order valence-corrected chi connectivity index (χ0v) is 13.9. The lowest BCUT2D eigenvalue weighted by Crippen LogP contribution is -2.04. The fourth-order valence-corrected chi connectivity index (χ4v) is 3.03. The maximum absolute atomic E-state index is 14.1. The van der Waals surface area contributed by atoms with Crippen LogP contribution in [0.3, 0.4) is 0 Å². The molecular formula is C19H12F2N6. The number of nitrogens with zero attached hydrogens (tertiary/aromatic N) is 6. The van der Waals surface area contributed by atoms with Gasteiger partial charge < -0.3 is 0 Å². The molecule has 27 heavy (non-hydrogen) atoms. The van der Waals surface area contributed by atoms with Crippen molar-refractivity contribution < 1.29 is 8.78 Å². The minimum atomic E-state index is -0.488. The van der Waals surface area contributed by atoms with Crippen molar-refractivity contribution in [1.29, 1.82) is 0 Å². The van der Waals surface area contributed by atoms with Gasteiger partial charge in [0.05, 0.1) is 18.1 Å². The van der Waals surface area contributed by atoms with Gasteiger partial charge in [0, 0.05) is 11.8 Å². The Kier molecular flexibility index (Phi) is 3.43. The average Bonchev–Trinajstić information content (AvgIpc) is 3.24. The Bertz CT molecular complexity index is 1260. The molecule has 0 atom stereocenters. The molecule has 0 saturated heterocycles. The molecule has 6 nitrogen and oxygen atoms in total. The number of hydrogen-bond donors (Lipinski definition) is 0. The Morgan fingerprint density at radius 2 is 1.81 bits per heavy atom. The topological polar surface area (TPSA) is 60.9 Å². The molecule has 0 spiro atoms. The minimum Gasteiger partial charge on any atom is -0.242 e. The SMILES string of the molecule is Fc1cnc2c(c1)c(-c1nc3ccccn3n1)nn2Cc1ccccc1F. The lowest BCUT2D eigenvalue weighted by atomic mass is 10.2. The van der Waals surface area contributed by atoms with Crippen molar-refractivity contribution in [1.82, 2.24) is 29.4 Å². The molecule has 0 bridgehead atoms. The van der Waals surface area contributed by atoms with Gasteiger partial charge in [-0.25, -0.2) is 27.9 Å². The Morgan fingerprint density at radius 1 is 0.963 bits per heavy atom. The van der Waals surface area contributed by atoms with E-state index in [1.54, 1.807) is 28.9 Å². The molecule has 0 amide bonds. The van der Waals surface area contributed by atoms with Gasteiger partial charge in [0.25, 0.3) is 0 Å². The highest BCUT2D eigenvalue weighted by Gasteiger charge is 2.19. The monoisotopic (exact) mass is 362 g/mol. The summed E-state index contributed by atoms with van der Waals surface area (Å²) < 4.78 is 31.0. The van der Waals surface area contributed by atoms with E-state index >= 15 is 0 Å². The molecule has 5 rings (SSSR count). The van der Waals surface area contributed by atoms with Crippen LogP contribution < -0.4 is 0 Å². The Labute approximate surface area is 151 Å². The molecule has 8 heteroatoms. The number of rotatable bonds is 3. The van der Waals surface area contributed by atoms with Crippen molar-refractivity contribution in [3.63, 3.8) is 0 Å². The molecule has 4 heterocycles. The number of halogens is 2. The molecule has 0 aliphatic carbocycles. The van der Waals surface area contributed by atoms with Crippen molar-refractivity contribution in [2.45, 2.75) is 6.54 Å². The highest BCUT2D eigenvalue weighted by atomic mass is 19.1. The van der Waals surface area contributed by atoms with Crippen molar-refractivity contribution in [3.8, 4) is 11.5 Å². The van der Waals surface area contributed by atoms with Crippen LogP contribution in [-0.2, 0) is 6.54 Å². The van der Waals surface area contributed by atoms with Gasteiger partial charge in [-0.15, -0.1) is 5.10 Å². The first-order chi connectivity index (χ1) is 13.2. The highest BCUT2D eigenvalue weighted by Crippen LogP contribution is 2.26. The average molecular weight is 362 g/mol. The molecule has 0 N–H and O–H groups in total. The summed E-state index contributed by atoms with van der Waals surface area (Å²) in [6.45, 7) is 0.162. The lowest BCUT2D eigenvalue weighted by Gasteiger charge is -2.04. The van der Waals surface area contributed by atoms with Crippen LogP contribution in [0, 0.1) is 11.6 Å². The van der Waals surface area contributed by atoms with E-state index < -0.39 is 5.82 Å². The summed E-state index contributed by atoms with van der Waals surface area (Å²) in [5, 5.41) is 9.40. The van der Waals surface area contributed by atoms with Crippen molar-refractivity contribution in [2.75, 3.05) is 0 Å². The predicted octanol–water partition coefficient (Wildman–Crippen LogP) is 3.47. The molecular weight excluding hydrogens is 350 g/mol. The normalized spacial score (nSPS) is 11.5. The van der Waals surface area contributed by atoms with Gasteiger partial charge in [-0.05, 0) is 24.3 Å². The first kappa shape index (κ1) is 15.6. The number of hydrogen-bond acceptors (Lipinski definition) is 4. The summed E-state index contributed by atoms with van der Waals surface area (Å²) in [6.07, 6.45) is 2.88. The van der Waals surface area contributed by atoms with Crippen LogP contribution in [0.1, 0.15) is 5.56 Å². The third kappa shape index (κ3) is 2.62. The highest BCUT2D eigenvalue weighted by molar-refractivity contribution is 5.89. The van der Waals surface area contributed by atoms with E-state index in [9.17, 15) is 8.78 Å². The first-order valence-electron chi connectivity index (χ1n) is 8.26. The van der Waals surface area contributed by atoms with Crippen LogP contribution >= 0.6 is 0 Å². The summed E-state index contributed by atoms with van der Waals surface area (Å²) >= 11 is 0. The van der Waals surface area contributed by atoms with E-state index in [-0.39, 0.29) is 12.4 Å². The summed E-state index contributed by atoms with van der Waals surface area (Å²) in [5.74, 6) is -0.473. The molecule has 132 valence electrons. The largest absolute Gasteiger partial charge is 0.242 e. The molecule has 4 aromatic heterocycles. The van der Waals surface area contributed by atoms with Crippen LogP contribution in [0.4, 0.5) is 8.78 Å². The number of aromatic nitrogens is 6. The molecule has 0 aliphatic rings. The quantitative estimate of drug-likeness (QED) is 0.493. The van der Waals surface area contributed by atoms with E-state index in [1.165, 1.54) is 16.8 Å². The molecule has 0 aliphatic heterocycles. The first-order valence-corrected chi connectivity index (χ1v) is 8.26. The van der Waals surface area contributed by atoms with E-state index in [2.05, 4.69) is 20.2 Å². The van der Waals surface area contributed by atoms with Crippen molar-refractivity contribution in [3.05, 3.63) is 78.1 Å². The maximum atomic E-state index is 14.1. The van der Waals surface area contributed by atoms with Crippen LogP contribution in [0.25, 0.3) is 28.2 Å². The van der Waals surface area contributed by atoms with Crippen LogP contribution in [0.5, 0.6) is 0 Å². The predicted molar refractivity (Wildman–Crippen MR) is 95.0 cm³/mol. The second-order valence-corrected chi connectivity index (χ2v) is 6.06. The molecule has 0 unspecified atom stereocenters. The number of pyridine rings is 2. The molecule has 0 saturated carbocycles. The van der Waals surface area contributed by atoms with Crippen molar-refractivity contribution >= 4 is 16.7 Å². The zero-order valence-electron chi connectivity index (χ0n) is 13.9. The summed E-state index contributed by atoms with van der Waals surface area (Å²) in [4.78, 5) is 8.60. The fraction of sp³-hybridized carbons (Fsp3) is 0.0526. The van der Waals surface area contributed by atoms with Gasteiger partial charge in [-0.1, -0.05) is 24.3 Å². The third-order valence-electron chi connectivity index (χ3n) is 4.28. The molecule has 0 radical (unpaired) electrons. The van der Waals surface area contributed by atoms with E-state index in [0.717, 1.165) is 6.20 Å². The van der Waals surface area contributed by atoms with Crippen molar-refractivity contribution in [2.24, 2.45) is 0 Å².